The molecule has 2 aromatic carbocycles. The summed E-state index contributed by atoms with van der Waals surface area (Å²) in [7, 11) is 0. The minimum atomic E-state index is -0.349. The van der Waals surface area contributed by atoms with Gasteiger partial charge in [-0.2, -0.15) is 0 Å². The molecule has 29 heavy (non-hydrogen) atoms. The third kappa shape index (κ3) is 8.25. The van der Waals surface area contributed by atoms with Crippen molar-refractivity contribution in [2.24, 2.45) is 0 Å². The summed E-state index contributed by atoms with van der Waals surface area (Å²) in [5.41, 5.74) is 1.05. The average Bonchev–Trinajstić information content (AvgIpc) is 2.74. The van der Waals surface area contributed by atoms with E-state index >= 15 is 0 Å². The highest BCUT2D eigenvalue weighted by molar-refractivity contribution is 5.93. The fraction of sp³-hybridized carbons (Fsp3) is 0.391. The number of amides is 1. The third-order valence-corrected chi connectivity index (χ3v) is 4.14. The van der Waals surface area contributed by atoms with Crippen molar-refractivity contribution in [3.05, 3.63) is 54.1 Å². The van der Waals surface area contributed by atoms with Gasteiger partial charge in [0, 0.05) is 5.69 Å². The number of carbonyl (C=O) groups excluding carboxylic acids is 2. The zero-order valence-electron chi connectivity index (χ0n) is 17.1. The highest BCUT2D eigenvalue weighted by atomic mass is 16.5. The van der Waals surface area contributed by atoms with E-state index < -0.39 is 0 Å². The third-order valence-electron chi connectivity index (χ3n) is 4.14. The number of esters is 1. The van der Waals surface area contributed by atoms with Gasteiger partial charge in [-0.1, -0.05) is 26.2 Å². The molecule has 0 saturated heterocycles. The van der Waals surface area contributed by atoms with Crippen LogP contribution in [0.2, 0.25) is 0 Å². The number of hydrogen-bond acceptors (Lipinski definition) is 5. The van der Waals surface area contributed by atoms with Crippen LogP contribution in [0.1, 0.15) is 49.9 Å². The lowest BCUT2D eigenvalue weighted by molar-refractivity contribution is -0.118. The predicted octanol–water partition coefficient (Wildman–Crippen LogP) is 4.84. The molecule has 6 nitrogen and oxygen atoms in total. The summed E-state index contributed by atoms with van der Waals surface area (Å²) in [6.45, 7) is 4.96. The number of unbranched alkanes of at least 4 members (excludes halogenated alkanes) is 3. The van der Waals surface area contributed by atoms with E-state index in [1.807, 2.05) is 6.92 Å². The van der Waals surface area contributed by atoms with Crippen molar-refractivity contribution in [3.8, 4) is 11.5 Å². The zero-order chi connectivity index (χ0) is 20.9. The van der Waals surface area contributed by atoms with Gasteiger partial charge in [-0.15, -0.1) is 0 Å². The molecule has 0 aliphatic rings. The van der Waals surface area contributed by atoms with Crippen LogP contribution in [0.15, 0.2) is 48.5 Å². The second-order valence-electron chi connectivity index (χ2n) is 6.52. The van der Waals surface area contributed by atoms with Crippen LogP contribution in [0.25, 0.3) is 0 Å². The maximum Gasteiger partial charge on any atom is 0.338 e. The fourth-order valence-corrected chi connectivity index (χ4v) is 2.61. The van der Waals surface area contributed by atoms with Crippen molar-refractivity contribution in [2.45, 2.75) is 39.5 Å². The van der Waals surface area contributed by atoms with Gasteiger partial charge in [0.15, 0.2) is 6.61 Å². The Bertz CT molecular complexity index is 756. The molecule has 6 heteroatoms. The van der Waals surface area contributed by atoms with Crippen molar-refractivity contribution >= 4 is 17.6 Å². The van der Waals surface area contributed by atoms with Crippen molar-refractivity contribution in [1.82, 2.24) is 0 Å². The van der Waals surface area contributed by atoms with Crippen LogP contribution < -0.4 is 14.8 Å². The number of nitrogens with one attached hydrogen (secondary N) is 1. The number of anilines is 1. The van der Waals surface area contributed by atoms with Crippen LogP contribution in [0, 0.1) is 0 Å². The molecule has 156 valence electrons. The van der Waals surface area contributed by atoms with Crippen LogP contribution in [-0.2, 0) is 9.53 Å². The minimum Gasteiger partial charge on any atom is -0.494 e. The number of ether oxygens (including phenoxy) is 3. The van der Waals surface area contributed by atoms with E-state index in [9.17, 15) is 9.59 Å². The van der Waals surface area contributed by atoms with Gasteiger partial charge < -0.3 is 19.5 Å². The van der Waals surface area contributed by atoms with Crippen molar-refractivity contribution in [2.75, 3.05) is 25.1 Å². The summed E-state index contributed by atoms with van der Waals surface area (Å²) in [6.07, 6.45) is 4.23. The monoisotopic (exact) mass is 399 g/mol. The Morgan fingerprint density at radius 1 is 0.828 bits per heavy atom. The number of benzene rings is 2. The standard InChI is InChI=1S/C23H29NO5/c1-3-5-6-7-16-28-23(26)18-8-10-19(11-9-18)24-22(25)17-29-21-14-12-20(13-15-21)27-4-2/h8-15H,3-7,16-17H2,1-2H3,(H,24,25). The quantitative estimate of drug-likeness (QED) is 0.408. The fourth-order valence-electron chi connectivity index (χ4n) is 2.61. The molecule has 0 aliphatic heterocycles. The highest BCUT2D eigenvalue weighted by Crippen LogP contribution is 2.17. The normalized spacial score (nSPS) is 10.3. The van der Waals surface area contributed by atoms with Gasteiger partial charge in [0.1, 0.15) is 11.5 Å². The zero-order valence-corrected chi connectivity index (χ0v) is 17.1. The van der Waals surface area contributed by atoms with E-state index in [0.717, 1.165) is 31.4 Å². The average molecular weight is 399 g/mol. The van der Waals surface area contributed by atoms with E-state index in [4.69, 9.17) is 14.2 Å². The predicted molar refractivity (Wildman–Crippen MR) is 113 cm³/mol. The van der Waals surface area contributed by atoms with E-state index in [1.165, 1.54) is 0 Å². The first-order valence-electron chi connectivity index (χ1n) is 10.0. The van der Waals surface area contributed by atoms with E-state index in [2.05, 4.69) is 12.2 Å². The van der Waals surface area contributed by atoms with E-state index in [0.29, 0.717) is 30.2 Å². The first-order chi connectivity index (χ1) is 14.1. The minimum absolute atomic E-state index is 0.116. The smallest absolute Gasteiger partial charge is 0.338 e. The summed E-state index contributed by atoms with van der Waals surface area (Å²) in [5, 5.41) is 2.74. The van der Waals surface area contributed by atoms with Gasteiger partial charge in [0.25, 0.3) is 5.91 Å². The molecule has 0 unspecified atom stereocenters. The number of hydrogen-bond donors (Lipinski definition) is 1. The van der Waals surface area contributed by atoms with Gasteiger partial charge in [-0.05, 0) is 61.9 Å². The Balaban J connectivity index is 1.73. The van der Waals surface area contributed by atoms with E-state index in [-0.39, 0.29) is 18.5 Å². The van der Waals surface area contributed by atoms with Crippen LogP contribution >= 0.6 is 0 Å². The van der Waals surface area contributed by atoms with Gasteiger partial charge in [0.05, 0.1) is 18.8 Å². The molecule has 0 bridgehead atoms. The summed E-state index contributed by atoms with van der Waals surface area (Å²) >= 11 is 0. The van der Waals surface area contributed by atoms with Crippen LogP contribution in [0.3, 0.4) is 0 Å². The molecular formula is C23H29NO5. The molecule has 0 saturated carbocycles. The molecule has 0 radical (unpaired) electrons. The lowest BCUT2D eigenvalue weighted by atomic mass is 10.2. The SMILES string of the molecule is CCCCCCOC(=O)c1ccc(NC(=O)COc2ccc(OCC)cc2)cc1. The molecule has 0 atom stereocenters. The molecule has 0 aliphatic carbocycles. The van der Waals surface area contributed by atoms with Crippen LogP contribution in [-0.4, -0.2) is 31.7 Å². The molecule has 0 aromatic heterocycles. The lowest BCUT2D eigenvalue weighted by Gasteiger charge is -2.09. The van der Waals surface area contributed by atoms with Crippen LogP contribution in [0.4, 0.5) is 5.69 Å². The first-order valence-corrected chi connectivity index (χ1v) is 10.0. The van der Waals surface area contributed by atoms with Gasteiger partial charge in [-0.25, -0.2) is 4.79 Å². The molecule has 1 amide bonds. The van der Waals surface area contributed by atoms with Crippen molar-refractivity contribution in [3.63, 3.8) is 0 Å². The molecule has 2 aromatic rings. The van der Waals surface area contributed by atoms with Crippen molar-refractivity contribution in [1.29, 1.82) is 0 Å². The summed E-state index contributed by atoms with van der Waals surface area (Å²) in [5.74, 6) is 0.702. The highest BCUT2D eigenvalue weighted by Gasteiger charge is 2.08. The molecule has 1 N–H and O–H groups in total. The molecular weight excluding hydrogens is 370 g/mol. The maximum atomic E-state index is 12.0. The maximum absolute atomic E-state index is 12.0. The Morgan fingerprint density at radius 2 is 1.48 bits per heavy atom. The Hall–Kier alpha value is -3.02. The van der Waals surface area contributed by atoms with Gasteiger partial charge in [-0.3, -0.25) is 4.79 Å². The van der Waals surface area contributed by atoms with Crippen LogP contribution in [0.5, 0.6) is 11.5 Å². The van der Waals surface area contributed by atoms with E-state index in [1.54, 1.807) is 48.5 Å². The summed E-state index contributed by atoms with van der Waals surface area (Å²) in [6, 6.07) is 13.7. The number of carbonyl (C=O) groups is 2. The molecule has 0 spiro atoms. The second kappa shape index (κ2) is 12.4. The second-order valence-corrected chi connectivity index (χ2v) is 6.52. The Labute approximate surface area is 172 Å². The summed E-state index contributed by atoms with van der Waals surface area (Å²) in [4.78, 5) is 24.0. The lowest BCUT2D eigenvalue weighted by Crippen LogP contribution is -2.20. The number of rotatable bonds is 12. The van der Waals surface area contributed by atoms with Crippen molar-refractivity contribution < 1.29 is 23.8 Å². The molecule has 2 rings (SSSR count). The molecule has 0 heterocycles. The first kappa shape index (κ1) is 22.3. The Kier molecular flexibility index (Phi) is 9.55. The topological polar surface area (TPSA) is 73.9 Å². The largest absolute Gasteiger partial charge is 0.494 e. The summed E-state index contributed by atoms with van der Waals surface area (Å²) < 4.78 is 16.1. The Morgan fingerprint density at radius 3 is 2.10 bits per heavy atom. The van der Waals surface area contributed by atoms with Gasteiger partial charge in [0.2, 0.25) is 0 Å². The van der Waals surface area contributed by atoms with Gasteiger partial charge >= 0.3 is 5.97 Å². The molecule has 0 fully saturated rings.